The van der Waals surface area contributed by atoms with Gasteiger partial charge in [0, 0.05) is 0 Å². The molecule has 0 aromatic heterocycles. The zero-order valence-electron chi connectivity index (χ0n) is 13.6. The molecule has 1 atom stereocenters. The Labute approximate surface area is 133 Å². The lowest BCUT2D eigenvalue weighted by molar-refractivity contribution is 0.143. The molecule has 1 unspecified atom stereocenters. The Kier molecular flexibility index (Phi) is 5.41. The molecule has 0 radical (unpaired) electrons. The molecule has 0 spiro atoms. The van der Waals surface area contributed by atoms with Crippen molar-refractivity contribution in [1.29, 1.82) is 0 Å². The van der Waals surface area contributed by atoms with Crippen LogP contribution in [0.3, 0.4) is 0 Å². The summed E-state index contributed by atoms with van der Waals surface area (Å²) in [6.07, 6.45) is 5.99. The number of hydrogen-bond acceptors (Lipinski definition) is 1. The first-order valence-corrected chi connectivity index (χ1v) is 7.82. The zero-order valence-corrected chi connectivity index (χ0v) is 13.6. The smallest absolute Gasteiger partial charge is 0.120 e. The molecule has 0 fully saturated rings. The number of benzene rings is 2. The molecule has 0 heterocycles. The Hall–Kier alpha value is -2.04. The van der Waals surface area contributed by atoms with Crippen molar-refractivity contribution in [3.63, 3.8) is 0 Å². The lowest BCUT2D eigenvalue weighted by Gasteiger charge is -2.11. The number of aliphatic hydroxyl groups is 1. The van der Waals surface area contributed by atoms with Crippen molar-refractivity contribution >= 4 is 10.8 Å². The predicted octanol–water partition coefficient (Wildman–Crippen LogP) is 4.74. The van der Waals surface area contributed by atoms with Gasteiger partial charge < -0.3 is 5.11 Å². The second kappa shape index (κ2) is 7.29. The van der Waals surface area contributed by atoms with E-state index in [1.54, 1.807) is 13.8 Å². The highest BCUT2D eigenvalue weighted by Gasteiger charge is 2.06. The van der Waals surface area contributed by atoms with Gasteiger partial charge in [0.1, 0.15) is 5.60 Å². The van der Waals surface area contributed by atoms with Gasteiger partial charge in [0.2, 0.25) is 0 Å². The Balaban J connectivity index is 1.98. The quantitative estimate of drug-likeness (QED) is 0.807. The van der Waals surface area contributed by atoms with Gasteiger partial charge in [-0.3, -0.25) is 0 Å². The third kappa shape index (κ3) is 5.06. The molecule has 0 aliphatic carbocycles. The van der Waals surface area contributed by atoms with Gasteiger partial charge in [0.05, 0.1) is 0 Å². The van der Waals surface area contributed by atoms with E-state index in [0.29, 0.717) is 5.92 Å². The number of allylic oxidation sites excluding steroid dienone is 2. The van der Waals surface area contributed by atoms with E-state index in [1.165, 1.54) is 16.3 Å². The Morgan fingerprint density at radius 3 is 2.64 bits per heavy atom. The summed E-state index contributed by atoms with van der Waals surface area (Å²) in [5, 5.41) is 12.2. The molecule has 1 N–H and O–H groups in total. The molecule has 0 amide bonds. The van der Waals surface area contributed by atoms with Crippen LogP contribution < -0.4 is 0 Å². The van der Waals surface area contributed by atoms with E-state index in [0.717, 1.165) is 12.8 Å². The monoisotopic (exact) mass is 292 g/mol. The number of fused-ring (bicyclic) bond motifs is 1. The molecule has 0 saturated heterocycles. The van der Waals surface area contributed by atoms with Gasteiger partial charge in [0.25, 0.3) is 0 Å². The molecular formula is C21H24O. The van der Waals surface area contributed by atoms with Crippen LogP contribution in [0.15, 0.2) is 54.6 Å². The molecular weight excluding hydrogens is 268 g/mol. The van der Waals surface area contributed by atoms with Crippen LogP contribution in [0, 0.1) is 17.8 Å². The zero-order chi connectivity index (χ0) is 16.0. The van der Waals surface area contributed by atoms with Crippen molar-refractivity contribution in [2.24, 2.45) is 5.92 Å². The SMILES string of the molecule is CC(C/C=C/C#CC(C)(C)O)Cc1cccc2ccccc12. The van der Waals surface area contributed by atoms with Gasteiger partial charge >= 0.3 is 0 Å². The van der Waals surface area contributed by atoms with E-state index in [2.05, 4.69) is 67.3 Å². The fourth-order valence-corrected chi connectivity index (χ4v) is 2.51. The van der Waals surface area contributed by atoms with Gasteiger partial charge in [-0.15, -0.1) is 0 Å². The molecule has 0 bridgehead atoms. The minimum atomic E-state index is -0.918. The Morgan fingerprint density at radius 1 is 1.14 bits per heavy atom. The van der Waals surface area contributed by atoms with Crippen molar-refractivity contribution in [3.8, 4) is 11.8 Å². The van der Waals surface area contributed by atoms with Crippen LogP contribution in [0.1, 0.15) is 32.8 Å². The number of rotatable bonds is 4. The van der Waals surface area contributed by atoms with E-state index in [-0.39, 0.29) is 0 Å². The van der Waals surface area contributed by atoms with E-state index in [9.17, 15) is 5.11 Å². The van der Waals surface area contributed by atoms with E-state index < -0.39 is 5.60 Å². The third-order valence-electron chi connectivity index (χ3n) is 3.57. The average molecular weight is 292 g/mol. The summed E-state index contributed by atoms with van der Waals surface area (Å²) >= 11 is 0. The van der Waals surface area contributed by atoms with Crippen LogP contribution in [-0.4, -0.2) is 10.7 Å². The summed E-state index contributed by atoms with van der Waals surface area (Å²) < 4.78 is 0. The fraction of sp³-hybridized carbons (Fsp3) is 0.333. The first-order valence-electron chi connectivity index (χ1n) is 7.82. The Bertz CT molecular complexity index is 702. The van der Waals surface area contributed by atoms with Gasteiger partial charge in [-0.25, -0.2) is 0 Å². The summed E-state index contributed by atoms with van der Waals surface area (Å²) in [6.45, 7) is 5.64. The van der Waals surface area contributed by atoms with Crippen LogP contribution in [0.5, 0.6) is 0 Å². The molecule has 0 aliphatic heterocycles. The first kappa shape index (κ1) is 16.3. The standard InChI is InChI=1S/C21H24O/c1-17(10-5-4-8-15-21(2,3)22)16-19-13-9-12-18-11-6-7-14-20(18)19/h4-7,9,11-14,17,22H,10,16H2,1-3H3/b5-4+. The summed E-state index contributed by atoms with van der Waals surface area (Å²) in [5.74, 6) is 6.24. The van der Waals surface area contributed by atoms with Crippen molar-refractivity contribution in [2.75, 3.05) is 0 Å². The van der Waals surface area contributed by atoms with Crippen LogP contribution in [0.25, 0.3) is 10.8 Å². The summed E-state index contributed by atoms with van der Waals surface area (Å²) in [7, 11) is 0. The highest BCUT2D eigenvalue weighted by atomic mass is 16.3. The molecule has 22 heavy (non-hydrogen) atoms. The highest BCUT2D eigenvalue weighted by molar-refractivity contribution is 5.85. The minimum absolute atomic E-state index is 0.561. The Morgan fingerprint density at radius 2 is 1.86 bits per heavy atom. The van der Waals surface area contributed by atoms with Gasteiger partial charge in [0.15, 0.2) is 0 Å². The first-order chi connectivity index (χ1) is 10.5. The normalized spacial score (nSPS) is 13.1. The van der Waals surface area contributed by atoms with Crippen LogP contribution in [0.4, 0.5) is 0 Å². The highest BCUT2D eigenvalue weighted by Crippen LogP contribution is 2.22. The van der Waals surface area contributed by atoms with Crippen molar-refractivity contribution in [1.82, 2.24) is 0 Å². The molecule has 0 saturated carbocycles. The van der Waals surface area contributed by atoms with Crippen LogP contribution in [-0.2, 0) is 6.42 Å². The van der Waals surface area contributed by atoms with Gasteiger partial charge in [-0.2, -0.15) is 0 Å². The second-order valence-electron chi connectivity index (χ2n) is 6.41. The van der Waals surface area contributed by atoms with Crippen LogP contribution >= 0.6 is 0 Å². The molecule has 1 nitrogen and oxygen atoms in total. The van der Waals surface area contributed by atoms with Crippen molar-refractivity contribution in [2.45, 2.75) is 39.2 Å². The van der Waals surface area contributed by atoms with E-state index in [4.69, 9.17) is 0 Å². The average Bonchev–Trinajstić information content (AvgIpc) is 2.46. The minimum Gasteiger partial charge on any atom is -0.378 e. The predicted molar refractivity (Wildman–Crippen MR) is 94.6 cm³/mol. The largest absolute Gasteiger partial charge is 0.378 e. The fourth-order valence-electron chi connectivity index (χ4n) is 2.51. The molecule has 2 aromatic rings. The van der Waals surface area contributed by atoms with Gasteiger partial charge in [-0.1, -0.05) is 67.3 Å². The maximum atomic E-state index is 9.51. The molecule has 2 rings (SSSR count). The number of hydrogen-bond donors (Lipinski definition) is 1. The third-order valence-corrected chi connectivity index (χ3v) is 3.57. The molecule has 0 aliphatic rings. The summed E-state index contributed by atoms with van der Waals surface area (Å²) in [4.78, 5) is 0. The molecule has 114 valence electrons. The molecule has 2 aromatic carbocycles. The topological polar surface area (TPSA) is 20.2 Å². The summed E-state index contributed by atoms with van der Waals surface area (Å²) in [6, 6.07) is 15.1. The van der Waals surface area contributed by atoms with E-state index >= 15 is 0 Å². The van der Waals surface area contributed by atoms with E-state index in [1.807, 2.05) is 6.08 Å². The second-order valence-corrected chi connectivity index (χ2v) is 6.41. The van der Waals surface area contributed by atoms with Crippen LogP contribution in [0.2, 0.25) is 0 Å². The van der Waals surface area contributed by atoms with Gasteiger partial charge in [-0.05, 0) is 55.0 Å². The lowest BCUT2D eigenvalue weighted by Crippen LogP contribution is -2.14. The molecule has 1 heteroatoms. The maximum absolute atomic E-state index is 9.51. The van der Waals surface area contributed by atoms with Crippen molar-refractivity contribution in [3.05, 3.63) is 60.2 Å². The van der Waals surface area contributed by atoms with Crippen molar-refractivity contribution < 1.29 is 5.11 Å². The maximum Gasteiger partial charge on any atom is 0.120 e. The lowest BCUT2D eigenvalue weighted by atomic mass is 9.94. The summed E-state index contributed by atoms with van der Waals surface area (Å²) in [5.41, 5.74) is 0.486.